The molecule has 0 N–H and O–H groups in total. The van der Waals surface area contributed by atoms with Gasteiger partial charge in [-0.2, -0.15) is 0 Å². The quantitative estimate of drug-likeness (QED) is 0.345. The van der Waals surface area contributed by atoms with Gasteiger partial charge in [0.1, 0.15) is 0 Å². The molecule has 7 heteroatoms. The van der Waals surface area contributed by atoms with Crippen molar-refractivity contribution in [3.8, 4) is 0 Å². The van der Waals surface area contributed by atoms with Gasteiger partial charge in [0.2, 0.25) is 0 Å². The summed E-state index contributed by atoms with van der Waals surface area (Å²) in [7, 11) is -1.53. The molecule has 0 spiro atoms. The average Bonchev–Trinajstić information content (AvgIpc) is 2.66. The SMILES string of the molecule is CC(O[Si](C)(C)C)c1ccccc1Sc1ccccc1.[C-]#[O+].[C-]#[O+].[C-]#[O+].[Cr]. The molecule has 0 saturated heterocycles. The van der Waals surface area contributed by atoms with Crippen LogP contribution in [-0.2, 0) is 35.7 Å². The van der Waals surface area contributed by atoms with Gasteiger partial charge in [0.25, 0.3) is 0 Å². The summed E-state index contributed by atoms with van der Waals surface area (Å²) in [6.07, 6.45) is 0.147. The fourth-order valence-corrected chi connectivity index (χ4v) is 4.35. The first-order valence-corrected chi connectivity index (χ1v) is 11.8. The Hall–Kier alpha value is -1.28. The molecule has 4 nitrogen and oxygen atoms in total. The number of hydrogen-bond donors (Lipinski definition) is 0. The fraction of sp³-hybridized carbons (Fsp3) is 0.250. The third-order valence-corrected chi connectivity index (χ3v) is 5.02. The van der Waals surface area contributed by atoms with Crippen molar-refractivity contribution in [2.45, 2.75) is 42.5 Å². The predicted molar refractivity (Wildman–Crippen MR) is 102 cm³/mol. The van der Waals surface area contributed by atoms with Crippen LogP contribution in [0.5, 0.6) is 0 Å². The second-order valence-electron chi connectivity index (χ2n) is 5.83. The van der Waals surface area contributed by atoms with Gasteiger partial charge in [-0.05, 0) is 50.3 Å². The maximum atomic E-state index is 7.50. The summed E-state index contributed by atoms with van der Waals surface area (Å²) >= 11 is 1.80. The van der Waals surface area contributed by atoms with Crippen molar-refractivity contribution in [1.82, 2.24) is 0 Å². The van der Waals surface area contributed by atoms with Gasteiger partial charge in [-0.25, -0.2) is 0 Å². The van der Waals surface area contributed by atoms with E-state index >= 15 is 0 Å². The van der Waals surface area contributed by atoms with Crippen LogP contribution in [0.25, 0.3) is 0 Å². The van der Waals surface area contributed by atoms with Gasteiger partial charge in [-0.3, -0.25) is 0 Å². The van der Waals surface area contributed by atoms with Crippen molar-refractivity contribution >= 4 is 20.1 Å². The van der Waals surface area contributed by atoms with Crippen molar-refractivity contribution in [3.63, 3.8) is 0 Å². The van der Waals surface area contributed by atoms with Gasteiger partial charge in [0, 0.05) is 27.2 Å². The summed E-state index contributed by atoms with van der Waals surface area (Å²) < 4.78 is 28.7. The Kier molecular flexibility index (Phi) is 20.4. The molecule has 1 unspecified atom stereocenters. The summed E-state index contributed by atoms with van der Waals surface area (Å²) in [6.45, 7) is 22.4. The molecular formula is C20H22CrO4SSi. The van der Waals surface area contributed by atoms with E-state index in [-0.39, 0.29) is 23.5 Å². The van der Waals surface area contributed by atoms with Crippen LogP contribution in [0.3, 0.4) is 0 Å². The topological polar surface area (TPSA) is 68.9 Å². The number of hydrogen-bond acceptors (Lipinski definition) is 2. The van der Waals surface area contributed by atoms with Crippen LogP contribution in [0.2, 0.25) is 19.6 Å². The molecule has 0 fully saturated rings. The van der Waals surface area contributed by atoms with E-state index < -0.39 is 8.32 Å². The smallest absolute Gasteiger partial charge is 0 e. The van der Waals surface area contributed by atoms with Gasteiger partial charge in [-0.15, -0.1) is 0 Å². The molecule has 142 valence electrons. The molecule has 2 aromatic carbocycles. The molecule has 1 atom stereocenters. The van der Waals surface area contributed by atoms with Crippen LogP contribution in [0.1, 0.15) is 18.6 Å². The molecule has 2 aromatic rings. The van der Waals surface area contributed by atoms with Crippen LogP contribution in [0.4, 0.5) is 0 Å². The van der Waals surface area contributed by atoms with Crippen LogP contribution in [-0.4, -0.2) is 8.32 Å². The number of rotatable bonds is 5. The van der Waals surface area contributed by atoms with Crippen LogP contribution in [0, 0.1) is 20.0 Å². The monoisotopic (exact) mass is 438 g/mol. The molecule has 0 radical (unpaired) electrons. The summed E-state index contributed by atoms with van der Waals surface area (Å²) in [4.78, 5) is 2.55. The van der Waals surface area contributed by atoms with Gasteiger partial charge in [0.15, 0.2) is 8.32 Å². The van der Waals surface area contributed by atoms with Crippen LogP contribution < -0.4 is 0 Å². The maximum Gasteiger partial charge on any atom is 0 e. The summed E-state index contributed by atoms with van der Waals surface area (Å²) in [5, 5.41) is 0. The molecule has 0 saturated carbocycles. The molecular weight excluding hydrogens is 416 g/mol. The zero-order valence-corrected chi connectivity index (χ0v) is 18.8. The molecule has 0 amide bonds. The van der Waals surface area contributed by atoms with Crippen molar-refractivity contribution in [3.05, 3.63) is 80.1 Å². The van der Waals surface area contributed by atoms with E-state index in [4.69, 9.17) is 18.4 Å². The summed E-state index contributed by atoms with van der Waals surface area (Å²) in [6, 6.07) is 19.0. The Balaban J connectivity index is -0.000000749. The molecule has 0 aliphatic carbocycles. The Morgan fingerprint density at radius 1 is 0.815 bits per heavy atom. The Labute approximate surface area is 178 Å². The Morgan fingerprint density at radius 3 is 1.74 bits per heavy atom. The minimum atomic E-state index is -1.53. The Morgan fingerprint density at radius 2 is 1.26 bits per heavy atom. The van der Waals surface area contributed by atoms with Crippen LogP contribution >= 0.6 is 11.8 Å². The molecule has 0 aliphatic rings. The third kappa shape index (κ3) is 13.5. The van der Waals surface area contributed by atoms with E-state index in [0.717, 1.165) is 0 Å². The van der Waals surface area contributed by atoms with Gasteiger partial charge in [0.05, 0.1) is 6.10 Å². The van der Waals surface area contributed by atoms with Gasteiger partial charge < -0.3 is 4.43 Å². The summed E-state index contributed by atoms with van der Waals surface area (Å²) in [5.74, 6) is 0. The number of benzene rings is 2. The molecule has 0 aliphatic heterocycles. The molecule has 0 heterocycles. The van der Waals surface area contributed by atoms with Crippen molar-refractivity contribution in [2.24, 2.45) is 0 Å². The first-order valence-electron chi connectivity index (χ1n) is 7.56. The van der Waals surface area contributed by atoms with E-state index in [1.807, 2.05) is 6.07 Å². The van der Waals surface area contributed by atoms with Gasteiger partial charge >= 0.3 is 33.9 Å². The standard InChI is InChI=1S/C17H22OSSi.3CO.Cr/c1-14(18-20(2,3)4)16-12-8-9-13-17(16)19-15-10-6-5-7-11-15;3*1-2;/h5-14H,1-4H3;;;;. The second-order valence-corrected chi connectivity index (χ2v) is 11.4. The van der Waals surface area contributed by atoms with Crippen molar-refractivity contribution in [2.75, 3.05) is 0 Å². The minimum Gasteiger partial charge on any atom is 0 e. The second kappa shape index (κ2) is 18.1. The minimum absolute atomic E-state index is 0. The molecule has 27 heavy (non-hydrogen) atoms. The van der Waals surface area contributed by atoms with E-state index in [2.05, 4.69) is 95.0 Å². The zero-order chi connectivity index (χ0) is 20.6. The predicted octanol–water partition coefficient (Wildman–Crippen LogP) is 5.64. The van der Waals surface area contributed by atoms with Crippen molar-refractivity contribution in [1.29, 1.82) is 0 Å². The van der Waals surface area contributed by atoms with Crippen molar-refractivity contribution < 1.29 is 35.7 Å². The molecule has 0 bridgehead atoms. The van der Waals surface area contributed by atoms with E-state index in [1.165, 1.54) is 15.4 Å². The third-order valence-electron chi connectivity index (χ3n) is 2.86. The average molecular weight is 439 g/mol. The van der Waals surface area contributed by atoms with E-state index in [0.29, 0.717) is 0 Å². The first kappa shape index (κ1) is 30.4. The Bertz CT molecular complexity index is 667. The van der Waals surface area contributed by atoms with Gasteiger partial charge in [-0.1, -0.05) is 48.2 Å². The maximum absolute atomic E-state index is 7.50. The van der Waals surface area contributed by atoms with E-state index in [1.54, 1.807) is 11.8 Å². The van der Waals surface area contributed by atoms with E-state index in [9.17, 15) is 0 Å². The molecule has 2 rings (SSSR count). The largest absolute Gasteiger partial charge is 0 e. The molecule has 0 aromatic heterocycles. The fourth-order valence-electron chi connectivity index (χ4n) is 2.12. The summed E-state index contributed by atoms with van der Waals surface area (Å²) in [5.41, 5.74) is 1.28. The zero-order valence-electron chi connectivity index (χ0n) is 15.7. The van der Waals surface area contributed by atoms with Crippen LogP contribution in [0.15, 0.2) is 64.4 Å². The normalized spacial score (nSPS) is 10.0. The first-order chi connectivity index (χ1) is 12.5.